The van der Waals surface area contributed by atoms with Crippen LogP contribution in [0, 0.1) is 0 Å². The molecule has 1 heterocycles. The van der Waals surface area contributed by atoms with Gasteiger partial charge in [-0.15, -0.1) is 0 Å². The zero-order valence-corrected chi connectivity index (χ0v) is 12.2. The van der Waals surface area contributed by atoms with Crippen molar-refractivity contribution in [3.8, 4) is 0 Å². The average Bonchev–Trinajstić information content (AvgIpc) is 2.46. The van der Waals surface area contributed by atoms with Crippen molar-refractivity contribution in [2.75, 3.05) is 53.6 Å². The predicted molar refractivity (Wildman–Crippen MR) is 71.6 cm³/mol. The third-order valence-electron chi connectivity index (χ3n) is 2.83. The van der Waals surface area contributed by atoms with Crippen LogP contribution in [0.3, 0.4) is 0 Å². The second-order valence-corrected chi connectivity index (χ2v) is 4.41. The summed E-state index contributed by atoms with van der Waals surface area (Å²) in [7, 11) is 2.79. The summed E-state index contributed by atoms with van der Waals surface area (Å²) in [4.78, 5) is 36.2. The van der Waals surface area contributed by atoms with Gasteiger partial charge in [0.25, 0.3) is 0 Å². The van der Waals surface area contributed by atoms with Crippen molar-refractivity contribution in [1.29, 1.82) is 0 Å². The number of ether oxygens (including phenoxy) is 3. The Bertz CT molecular complexity index is 376. The number of urea groups is 1. The first kappa shape index (κ1) is 17.3. The molecule has 0 aromatic heterocycles. The molecule has 0 aromatic rings. The molecule has 0 aromatic carbocycles. The van der Waals surface area contributed by atoms with Gasteiger partial charge in [-0.1, -0.05) is 0 Å². The molecule has 0 aliphatic carbocycles. The van der Waals surface area contributed by atoms with Gasteiger partial charge in [-0.2, -0.15) is 0 Å². The van der Waals surface area contributed by atoms with Crippen LogP contribution in [0.4, 0.5) is 4.79 Å². The monoisotopic (exact) mass is 303 g/mol. The zero-order chi connectivity index (χ0) is 15.7. The Morgan fingerprint density at radius 2 is 2.10 bits per heavy atom. The van der Waals surface area contributed by atoms with E-state index in [4.69, 9.17) is 9.47 Å². The molecule has 0 saturated carbocycles. The summed E-state index contributed by atoms with van der Waals surface area (Å²) < 4.78 is 14.6. The number of methoxy groups -OCH3 is 2. The van der Waals surface area contributed by atoms with Gasteiger partial charge in [0, 0.05) is 26.7 Å². The number of hydrogen-bond acceptors (Lipinski definition) is 7. The molecule has 1 unspecified atom stereocenters. The molecule has 0 bridgehead atoms. The van der Waals surface area contributed by atoms with Crippen LogP contribution in [0.25, 0.3) is 0 Å². The third-order valence-corrected chi connectivity index (χ3v) is 2.83. The lowest BCUT2D eigenvalue weighted by Crippen LogP contribution is -2.51. The number of esters is 1. The molecule has 0 spiro atoms. The molecule has 120 valence electrons. The van der Waals surface area contributed by atoms with Gasteiger partial charge >= 0.3 is 12.0 Å². The minimum atomic E-state index is -0.702. The van der Waals surface area contributed by atoms with Gasteiger partial charge in [0.1, 0.15) is 0 Å². The maximum absolute atomic E-state index is 11.7. The quantitative estimate of drug-likeness (QED) is 0.446. The van der Waals surface area contributed by atoms with E-state index in [0.717, 1.165) is 0 Å². The largest absolute Gasteiger partial charge is 0.467 e. The van der Waals surface area contributed by atoms with E-state index in [0.29, 0.717) is 26.3 Å². The van der Waals surface area contributed by atoms with Crippen LogP contribution in [0.5, 0.6) is 0 Å². The highest BCUT2D eigenvalue weighted by molar-refractivity contribution is 5.95. The topological polar surface area (TPSA) is 106 Å². The number of nitrogens with zero attached hydrogens (tertiary/aromatic N) is 1. The smallest absolute Gasteiger partial charge is 0.336 e. The van der Waals surface area contributed by atoms with Gasteiger partial charge in [0.15, 0.2) is 6.10 Å². The van der Waals surface area contributed by atoms with Crippen LogP contribution in [0.2, 0.25) is 0 Å². The van der Waals surface area contributed by atoms with Crippen molar-refractivity contribution in [3.05, 3.63) is 0 Å². The van der Waals surface area contributed by atoms with Gasteiger partial charge < -0.3 is 19.5 Å². The van der Waals surface area contributed by atoms with Gasteiger partial charge in [0.2, 0.25) is 5.91 Å². The summed E-state index contributed by atoms with van der Waals surface area (Å²) >= 11 is 0. The molecular weight excluding hydrogens is 282 g/mol. The van der Waals surface area contributed by atoms with Crippen LogP contribution in [-0.2, 0) is 23.8 Å². The van der Waals surface area contributed by atoms with Gasteiger partial charge in [-0.25, -0.2) is 9.59 Å². The molecule has 21 heavy (non-hydrogen) atoms. The lowest BCUT2D eigenvalue weighted by molar-refractivity contribution is -0.160. The summed E-state index contributed by atoms with van der Waals surface area (Å²) in [6.45, 7) is 1.78. The minimum Gasteiger partial charge on any atom is -0.467 e. The van der Waals surface area contributed by atoms with Crippen LogP contribution in [0.1, 0.15) is 0 Å². The highest BCUT2D eigenvalue weighted by atomic mass is 16.6. The summed E-state index contributed by atoms with van der Waals surface area (Å²) in [5.74, 6) is -0.923. The van der Waals surface area contributed by atoms with E-state index in [2.05, 4.69) is 15.4 Å². The van der Waals surface area contributed by atoms with Crippen molar-refractivity contribution in [1.82, 2.24) is 15.5 Å². The molecule has 2 N–H and O–H groups in total. The Morgan fingerprint density at radius 1 is 1.33 bits per heavy atom. The first-order chi connectivity index (χ1) is 10.1. The Labute approximate surface area is 122 Å². The molecule has 9 nitrogen and oxygen atoms in total. The van der Waals surface area contributed by atoms with Crippen molar-refractivity contribution >= 4 is 17.9 Å². The lowest BCUT2D eigenvalue weighted by Gasteiger charge is -2.30. The van der Waals surface area contributed by atoms with Crippen molar-refractivity contribution in [2.45, 2.75) is 6.10 Å². The van der Waals surface area contributed by atoms with E-state index in [-0.39, 0.29) is 13.1 Å². The van der Waals surface area contributed by atoms with E-state index in [1.54, 1.807) is 4.90 Å². The highest BCUT2D eigenvalue weighted by Crippen LogP contribution is 2.06. The van der Waals surface area contributed by atoms with E-state index < -0.39 is 24.0 Å². The fraction of sp³-hybridized carbons (Fsp3) is 0.750. The van der Waals surface area contributed by atoms with Gasteiger partial charge in [0.05, 0.1) is 26.9 Å². The second-order valence-electron chi connectivity index (χ2n) is 4.41. The number of nitrogens with one attached hydrogen (secondary N) is 2. The Kier molecular flexibility index (Phi) is 7.65. The first-order valence-electron chi connectivity index (χ1n) is 6.55. The molecule has 0 radical (unpaired) electrons. The van der Waals surface area contributed by atoms with Crippen LogP contribution >= 0.6 is 0 Å². The molecule has 1 rings (SSSR count). The summed E-state index contributed by atoms with van der Waals surface area (Å²) in [6, 6.07) is -0.574. The molecule has 3 amide bonds. The maximum atomic E-state index is 11.7. The number of carbonyl (C=O) groups excluding carboxylic acids is 3. The van der Waals surface area contributed by atoms with E-state index in [9.17, 15) is 14.4 Å². The van der Waals surface area contributed by atoms with E-state index in [1.807, 2.05) is 0 Å². The number of hydrogen-bond donors (Lipinski definition) is 2. The fourth-order valence-electron chi connectivity index (χ4n) is 1.80. The standard InChI is InChI=1S/C12H21N3O6/c1-19-5-3-13-12(18)14-10(16)8-15-4-6-21-9(7-15)11(17)20-2/h9H,3-8H2,1-2H3,(H2,13,14,16,18). The molecule has 1 saturated heterocycles. The highest BCUT2D eigenvalue weighted by Gasteiger charge is 2.28. The number of carbonyl (C=O) groups is 3. The summed E-state index contributed by atoms with van der Waals surface area (Å²) in [6.07, 6.45) is -0.702. The SMILES string of the molecule is COCCNC(=O)NC(=O)CN1CCOC(C(=O)OC)C1. The Balaban J connectivity index is 2.30. The lowest BCUT2D eigenvalue weighted by atomic mass is 10.2. The second kappa shape index (κ2) is 9.27. The maximum Gasteiger partial charge on any atom is 0.336 e. The first-order valence-corrected chi connectivity index (χ1v) is 6.55. The van der Waals surface area contributed by atoms with Crippen molar-refractivity contribution in [3.63, 3.8) is 0 Å². The predicted octanol–water partition coefficient (Wildman–Crippen LogP) is -1.67. The molecule has 1 atom stereocenters. The van der Waals surface area contributed by atoms with Crippen LogP contribution in [-0.4, -0.2) is 82.5 Å². The Morgan fingerprint density at radius 3 is 2.76 bits per heavy atom. The molecule has 9 heteroatoms. The zero-order valence-electron chi connectivity index (χ0n) is 12.2. The fourth-order valence-corrected chi connectivity index (χ4v) is 1.80. The number of imide groups is 1. The van der Waals surface area contributed by atoms with Crippen molar-refractivity contribution < 1.29 is 28.6 Å². The molecular formula is C12H21N3O6. The normalized spacial score (nSPS) is 18.9. The number of morpholine rings is 1. The third kappa shape index (κ3) is 6.52. The van der Waals surface area contributed by atoms with E-state index >= 15 is 0 Å². The van der Waals surface area contributed by atoms with Gasteiger partial charge in [-0.05, 0) is 0 Å². The summed E-state index contributed by atoms with van der Waals surface area (Å²) in [5.41, 5.74) is 0. The molecule has 1 fully saturated rings. The Hall–Kier alpha value is -1.71. The van der Waals surface area contributed by atoms with Crippen LogP contribution < -0.4 is 10.6 Å². The average molecular weight is 303 g/mol. The van der Waals surface area contributed by atoms with Crippen molar-refractivity contribution in [2.24, 2.45) is 0 Å². The van der Waals surface area contributed by atoms with Gasteiger partial charge in [-0.3, -0.25) is 15.0 Å². The summed E-state index contributed by atoms with van der Waals surface area (Å²) in [5, 5.41) is 4.68. The molecule has 1 aliphatic heterocycles. The number of rotatable bonds is 6. The number of amides is 3. The van der Waals surface area contributed by atoms with E-state index in [1.165, 1.54) is 14.2 Å². The van der Waals surface area contributed by atoms with Crippen LogP contribution in [0.15, 0.2) is 0 Å². The minimum absolute atomic E-state index is 0.00848. The molecule has 1 aliphatic rings.